The molecular formula is C24H23N3O5S2. The molecule has 0 radical (unpaired) electrons. The zero-order valence-corrected chi connectivity index (χ0v) is 20.1. The van der Waals surface area contributed by atoms with Crippen LogP contribution < -0.4 is 4.90 Å². The highest BCUT2D eigenvalue weighted by molar-refractivity contribution is 7.14. The quantitative estimate of drug-likeness (QED) is 0.374. The number of carbonyl (C=O) groups is 2. The number of rotatable bonds is 7. The highest BCUT2D eigenvalue weighted by Crippen LogP contribution is 2.32. The summed E-state index contributed by atoms with van der Waals surface area (Å²) in [4.78, 5) is 34.5. The van der Waals surface area contributed by atoms with Crippen molar-refractivity contribution in [3.8, 4) is 11.5 Å². The summed E-state index contributed by atoms with van der Waals surface area (Å²) < 4.78 is 17.0. The lowest BCUT2D eigenvalue weighted by Gasteiger charge is -2.31. The molecule has 1 unspecified atom stereocenters. The molecule has 0 saturated carbocycles. The number of furan rings is 1. The number of aromatic nitrogens is 1. The lowest BCUT2D eigenvalue weighted by atomic mass is 10.2. The van der Waals surface area contributed by atoms with Crippen LogP contribution in [0.2, 0.25) is 0 Å². The van der Waals surface area contributed by atoms with Crippen LogP contribution in [-0.4, -0.2) is 61.3 Å². The number of amides is 2. The number of likely N-dealkylation sites (N-methyl/N-ethyl adjacent to an activating group) is 1. The van der Waals surface area contributed by atoms with Gasteiger partial charge in [-0.15, -0.1) is 22.7 Å². The summed E-state index contributed by atoms with van der Waals surface area (Å²) in [5, 5.41) is 5.22. The normalized spacial score (nSPS) is 16.0. The zero-order chi connectivity index (χ0) is 23.5. The van der Waals surface area contributed by atoms with E-state index in [9.17, 15) is 9.59 Å². The minimum absolute atomic E-state index is 0.131. The number of ether oxygens (including phenoxy) is 2. The highest BCUT2D eigenvalue weighted by atomic mass is 32.1. The summed E-state index contributed by atoms with van der Waals surface area (Å²) in [6.45, 7) is 1.52. The molecule has 34 heavy (non-hydrogen) atoms. The second-order valence-corrected chi connectivity index (χ2v) is 9.54. The summed E-state index contributed by atoms with van der Waals surface area (Å²) in [5.74, 6) is 0.319. The molecule has 2 amide bonds. The smallest absolute Gasteiger partial charge is 0.270 e. The van der Waals surface area contributed by atoms with E-state index >= 15 is 0 Å². The number of hydrogen-bond acceptors (Lipinski definition) is 8. The number of fused-ring (bicyclic) bond motifs is 1. The van der Waals surface area contributed by atoms with Gasteiger partial charge in [0.2, 0.25) is 5.91 Å². The van der Waals surface area contributed by atoms with Gasteiger partial charge < -0.3 is 18.8 Å². The molecule has 0 aliphatic carbocycles. The number of thiazole rings is 1. The monoisotopic (exact) mass is 497 g/mol. The third-order valence-corrected chi connectivity index (χ3v) is 7.27. The molecule has 176 valence electrons. The van der Waals surface area contributed by atoms with Crippen LogP contribution in [0.4, 0.5) is 5.13 Å². The first-order chi connectivity index (χ1) is 16.6. The molecule has 4 aromatic rings. The molecule has 1 fully saturated rings. The standard InChI is InChI=1S/C24H23N3O5S2/c1-26(22-14-30-10-11-31-22)21(28)8-9-27(23(29)20-7-4-12-33-20)24-25-17(15-34-24)19-13-16-5-2-3-6-18(16)32-19/h2-7,12-13,15,22H,8-11,14H2,1H3. The van der Waals surface area contributed by atoms with Gasteiger partial charge in [0.1, 0.15) is 11.3 Å². The molecule has 1 atom stereocenters. The van der Waals surface area contributed by atoms with Crippen molar-refractivity contribution < 1.29 is 23.5 Å². The summed E-state index contributed by atoms with van der Waals surface area (Å²) in [7, 11) is 1.69. The Morgan fingerprint density at radius 1 is 1.15 bits per heavy atom. The van der Waals surface area contributed by atoms with Crippen molar-refractivity contribution in [2.75, 3.05) is 38.3 Å². The van der Waals surface area contributed by atoms with Crippen LogP contribution in [0.5, 0.6) is 0 Å². The van der Waals surface area contributed by atoms with Crippen LogP contribution in [0, 0.1) is 0 Å². The summed E-state index contributed by atoms with van der Waals surface area (Å²) >= 11 is 2.70. The molecule has 3 aromatic heterocycles. The molecular weight excluding hydrogens is 474 g/mol. The molecule has 1 saturated heterocycles. The highest BCUT2D eigenvalue weighted by Gasteiger charge is 2.27. The fourth-order valence-electron chi connectivity index (χ4n) is 3.67. The third kappa shape index (κ3) is 4.76. The van der Waals surface area contributed by atoms with Crippen molar-refractivity contribution in [1.29, 1.82) is 0 Å². The van der Waals surface area contributed by atoms with Gasteiger partial charge in [0.15, 0.2) is 17.1 Å². The van der Waals surface area contributed by atoms with Crippen LogP contribution in [0.3, 0.4) is 0 Å². The van der Waals surface area contributed by atoms with Crippen molar-refractivity contribution in [3.63, 3.8) is 0 Å². The predicted octanol–water partition coefficient (Wildman–Crippen LogP) is 4.49. The molecule has 5 rings (SSSR count). The van der Waals surface area contributed by atoms with Crippen LogP contribution in [0.1, 0.15) is 16.1 Å². The maximum atomic E-state index is 13.3. The minimum Gasteiger partial charge on any atom is -0.454 e. The number of hydrogen-bond donors (Lipinski definition) is 0. The van der Waals surface area contributed by atoms with Crippen molar-refractivity contribution in [2.24, 2.45) is 0 Å². The molecule has 1 aliphatic heterocycles. The number of nitrogens with zero attached hydrogens (tertiary/aromatic N) is 3. The van der Waals surface area contributed by atoms with Crippen LogP contribution in [0.25, 0.3) is 22.4 Å². The Hall–Kier alpha value is -3.05. The van der Waals surface area contributed by atoms with Gasteiger partial charge in [-0.25, -0.2) is 4.98 Å². The van der Waals surface area contributed by atoms with Gasteiger partial charge in [-0.2, -0.15) is 0 Å². The van der Waals surface area contributed by atoms with Crippen molar-refractivity contribution in [2.45, 2.75) is 12.6 Å². The van der Waals surface area contributed by atoms with Crippen molar-refractivity contribution >= 4 is 50.6 Å². The number of carbonyl (C=O) groups excluding carboxylic acids is 2. The first kappa shape index (κ1) is 22.7. The Morgan fingerprint density at radius 3 is 2.79 bits per heavy atom. The summed E-state index contributed by atoms with van der Waals surface area (Å²) in [6, 6.07) is 13.3. The van der Waals surface area contributed by atoms with Gasteiger partial charge in [-0.3, -0.25) is 14.5 Å². The SMILES string of the molecule is CN(C(=O)CCN(C(=O)c1cccs1)c1nc(-c2cc3ccccc3o2)cs1)C1COCCO1. The Balaban J connectivity index is 1.36. The van der Waals surface area contributed by atoms with Gasteiger partial charge in [-0.1, -0.05) is 24.3 Å². The lowest BCUT2D eigenvalue weighted by Crippen LogP contribution is -2.46. The van der Waals surface area contributed by atoms with E-state index in [0.717, 1.165) is 11.0 Å². The summed E-state index contributed by atoms with van der Waals surface area (Å²) in [6.07, 6.45) is -0.283. The van der Waals surface area contributed by atoms with E-state index in [2.05, 4.69) is 4.98 Å². The lowest BCUT2D eigenvalue weighted by molar-refractivity contribution is -0.167. The van der Waals surface area contributed by atoms with Crippen LogP contribution in [-0.2, 0) is 14.3 Å². The molecule has 8 nitrogen and oxygen atoms in total. The number of para-hydroxylation sites is 1. The van der Waals surface area contributed by atoms with Crippen molar-refractivity contribution in [1.82, 2.24) is 9.88 Å². The average molecular weight is 498 g/mol. The Morgan fingerprint density at radius 2 is 2.03 bits per heavy atom. The molecule has 0 spiro atoms. The topological polar surface area (TPSA) is 85.1 Å². The van der Waals surface area contributed by atoms with Gasteiger partial charge >= 0.3 is 0 Å². The van der Waals surface area contributed by atoms with E-state index in [0.29, 0.717) is 41.3 Å². The van der Waals surface area contributed by atoms with Crippen LogP contribution >= 0.6 is 22.7 Å². The van der Waals surface area contributed by atoms with E-state index in [1.54, 1.807) is 18.0 Å². The predicted molar refractivity (Wildman–Crippen MR) is 131 cm³/mol. The zero-order valence-electron chi connectivity index (χ0n) is 18.5. The molecule has 4 heterocycles. The van der Waals surface area contributed by atoms with Crippen molar-refractivity contribution in [3.05, 3.63) is 58.1 Å². The van der Waals surface area contributed by atoms with Gasteiger partial charge in [-0.05, 0) is 23.6 Å². The minimum atomic E-state index is -0.415. The second kappa shape index (κ2) is 10.1. The molecule has 1 aliphatic rings. The molecule has 0 bridgehead atoms. The van der Waals surface area contributed by atoms with Gasteiger partial charge in [0, 0.05) is 30.8 Å². The largest absolute Gasteiger partial charge is 0.454 e. The van der Waals surface area contributed by atoms with Gasteiger partial charge in [0.05, 0.1) is 24.7 Å². The van der Waals surface area contributed by atoms with E-state index in [1.165, 1.54) is 27.6 Å². The van der Waals surface area contributed by atoms with E-state index in [4.69, 9.17) is 13.9 Å². The fourth-order valence-corrected chi connectivity index (χ4v) is 5.18. The van der Waals surface area contributed by atoms with E-state index in [1.807, 2.05) is 47.2 Å². The van der Waals surface area contributed by atoms with Gasteiger partial charge in [0.25, 0.3) is 5.91 Å². The first-order valence-corrected chi connectivity index (χ1v) is 12.6. The molecule has 10 heteroatoms. The maximum absolute atomic E-state index is 13.3. The fraction of sp³-hybridized carbons (Fsp3) is 0.292. The Kier molecular flexibility index (Phi) is 6.73. The number of thiophene rings is 1. The van der Waals surface area contributed by atoms with E-state index < -0.39 is 6.23 Å². The number of benzene rings is 1. The first-order valence-electron chi connectivity index (χ1n) is 10.8. The second-order valence-electron chi connectivity index (χ2n) is 7.75. The molecule has 1 aromatic carbocycles. The Labute approximate surface area is 204 Å². The van der Waals surface area contributed by atoms with Crippen LogP contribution in [0.15, 0.2) is 57.6 Å². The average Bonchev–Trinajstić information content (AvgIpc) is 3.64. The van der Waals surface area contributed by atoms with E-state index in [-0.39, 0.29) is 24.8 Å². The number of anilines is 1. The maximum Gasteiger partial charge on any atom is 0.270 e. The summed E-state index contributed by atoms with van der Waals surface area (Å²) in [5.41, 5.74) is 1.43. The molecule has 0 N–H and O–H groups in total. The third-order valence-electron chi connectivity index (χ3n) is 5.55. The Bertz CT molecular complexity index is 1240.